The third kappa shape index (κ3) is 3.23. The van der Waals surface area contributed by atoms with Crippen LogP contribution < -0.4 is 4.74 Å². The first kappa shape index (κ1) is 11.5. The summed E-state index contributed by atoms with van der Waals surface area (Å²) >= 11 is 0. The summed E-state index contributed by atoms with van der Waals surface area (Å²) in [7, 11) is 0. The third-order valence-electron chi connectivity index (χ3n) is 2.43. The summed E-state index contributed by atoms with van der Waals surface area (Å²) in [6.45, 7) is 0.189. The van der Waals surface area contributed by atoms with Crippen LogP contribution in [0.4, 0.5) is 0 Å². The quantitative estimate of drug-likeness (QED) is 0.848. The SMILES string of the molecule is Oc1ccc(OCC(O)c2ccccc2)cc1. The Balaban J connectivity index is 1.92. The van der Waals surface area contributed by atoms with Gasteiger partial charge >= 0.3 is 0 Å². The second-order valence-electron chi connectivity index (χ2n) is 3.73. The monoisotopic (exact) mass is 230 g/mol. The molecule has 17 heavy (non-hydrogen) atoms. The molecule has 1 unspecified atom stereocenters. The molecular formula is C14H14O3. The van der Waals surface area contributed by atoms with Gasteiger partial charge in [-0.05, 0) is 29.8 Å². The van der Waals surface area contributed by atoms with Crippen LogP contribution in [-0.2, 0) is 0 Å². The standard InChI is InChI=1S/C14H14O3/c15-12-6-8-13(9-7-12)17-10-14(16)11-4-2-1-3-5-11/h1-9,14-16H,10H2. The first-order valence-corrected chi connectivity index (χ1v) is 5.40. The summed E-state index contributed by atoms with van der Waals surface area (Å²) in [6, 6.07) is 15.8. The minimum absolute atomic E-state index is 0.189. The summed E-state index contributed by atoms with van der Waals surface area (Å²) in [5.74, 6) is 0.818. The summed E-state index contributed by atoms with van der Waals surface area (Å²) in [6.07, 6.45) is -0.648. The number of hydrogen-bond acceptors (Lipinski definition) is 3. The van der Waals surface area contributed by atoms with Crippen LogP contribution in [0, 0.1) is 0 Å². The van der Waals surface area contributed by atoms with Crippen molar-refractivity contribution in [3.8, 4) is 11.5 Å². The van der Waals surface area contributed by atoms with Crippen LogP contribution in [0.3, 0.4) is 0 Å². The lowest BCUT2D eigenvalue weighted by atomic mass is 10.1. The van der Waals surface area contributed by atoms with Gasteiger partial charge in [-0.1, -0.05) is 30.3 Å². The van der Waals surface area contributed by atoms with E-state index in [1.54, 1.807) is 24.3 Å². The van der Waals surface area contributed by atoms with E-state index in [1.165, 1.54) is 0 Å². The van der Waals surface area contributed by atoms with E-state index >= 15 is 0 Å². The second-order valence-corrected chi connectivity index (χ2v) is 3.73. The fourth-order valence-electron chi connectivity index (χ4n) is 1.49. The molecule has 0 aliphatic rings. The zero-order valence-electron chi connectivity index (χ0n) is 9.28. The van der Waals surface area contributed by atoms with Gasteiger partial charge in [-0.3, -0.25) is 0 Å². The highest BCUT2D eigenvalue weighted by Crippen LogP contribution is 2.18. The molecule has 2 rings (SSSR count). The van der Waals surface area contributed by atoms with Crippen molar-refractivity contribution in [2.24, 2.45) is 0 Å². The fraction of sp³-hybridized carbons (Fsp3) is 0.143. The number of aromatic hydroxyl groups is 1. The van der Waals surface area contributed by atoms with E-state index in [2.05, 4.69) is 0 Å². The van der Waals surface area contributed by atoms with Gasteiger partial charge in [0.05, 0.1) is 0 Å². The van der Waals surface area contributed by atoms with Crippen molar-refractivity contribution in [2.75, 3.05) is 6.61 Å². The second kappa shape index (κ2) is 5.37. The topological polar surface area (TPSA) is 49.7 Å². The number of ether oxygens (including phenoxy) is 1. The first-order valence-electron chi connectivity index (χ1n) is 5.40. The number of rotatable bonds is 4. The van der Waals surface area contributed by atoms with Crippen molar-refractivity contribution in [3.63, 3.8) is 0 Å². The molecule has 2 N–H and O–H groups in total. The number of aliphatic hydroxyl groups excluding tert-OH is 1. The maximum atomic E-state index is 9.86. The summed E-state index contributed by atoms with van der Waals surface area (Å²) in [5.41, 5.74) is 0.825. The van der Waals surface area contributed by atoms with Crippen molar-refractivity contribution in [1.82, 2.24) is 0 Å². The van der Waals surface area contributed by atoms with E-state index in [1.807, 2.05) is 30.3 Å². The van der Waals surface area contributed by atoms with Gasteiger partial charge in [0.15, 0.2) is 0 Å². The molecular weight excluding hydrogens is 216 g/mol. The van der Waals surface area contributed by atoms with Crippen LogP contribution in [0.5, 0.6) is 11.5 Å². The third-order valence-corrected chi connectivity index (χ3v) is 2.43. The van der Waals surface area contributed by atoms with Gasteiger partial charge in [0.1, 0.15) is 24.2 Å². The molecule has 0 saturated carbocycles. The zero-order chi connectivity index (χ0) is 12.1. The van der Waals surface area contributed by atoms with Crippen LogP contribution in [0.2, 0.25) is 0 Å². The average Bonchev–Trinajstić information content (AvgIpc) is 2.39. The van der Waals surface area contributed by atoms with Gasteiger partial charge in [0.25, 0.3) is 0 Å². The molecule has 2 aromatic rings. The molecule has 3 nitrogen and oxygen atoms in total. The van der Waals surface area contributed by atoms with Gasteiger partial charge in [0, 0.05) is 0 Å². The van der Waals surface area contributed by atoms with Crippen molar-refractivity contribution >= 4 is 0 Å². The Morgan fingerprint density at radius 3 is 2.24 bits per heavy atom. The van der Waals surface area contributed by atoms with E-state index in [9.17, 15) is 5.11 Å². The van der Waals surface area contributed by atoms with Crippen molar-refractivity contribution in [2.45, 2.75) is 6.10 Å². The Hall–Kier alpha value is -2.00. The molecule has 0 aliphatic carbocycles. The number of phenols is 1. The molecule has 0 aromatic heterocycles. The van der Waals surface area contributed by atoms with Crippen LogP contribution in [0.15, 0.2) is 54.6 Å². The maximum absolute atomic E-state index is 9.86. The minimum atomic E-state index is -0.648. The van der Waals surface area contributed by atoms with Gasteiger partial charge in [-0.15, -0.1) is 0 Å². The number of aliphatic hydroxyl groups is 1. The summed E-state index contributed by atoms with van der Waals surface area (Å²) in [4.78, 5) is 0. The van der Waals surface area contributed by atoms with Crippen molar-refractivity contribution in [1.29, 1.82) is 0 Å². The maximum Gasteiger partial charge on any atom is 0.119 e. The van der Waals surface area contributed by atoms with Gasteiger partial charge in [0.2, 0.25) is 0 Å². The Morgan fingerprint density at radius 2 is 1.59 bits per heavy atom. The van der Waals surface area contributed by atoms with Crippen molar-refractivity contribution < 1.29 is 14.9 Å². The Labute approximate surface area is 99.9 Å². The van der Waals surface area contributed by atoms with E-state index in [0.29, 0.717) is 5.75 Å². The van der Waals surface area contributed by atoms with E-state index in [4.69, 9.17) is 9.84 Å². The van der Waals surface area contributed by atoms with E-state index < -0.39 is 6.10 Å². The van der Waals surface area contributed by atoms with E-state index in [-0.39, 0.29) is 12.4 Å². The molecule has 0 aliphatic heterocycles. The van der Waals surface area contributed by atoms with Crippen LogP contribution in [0.25, 0.3) is 0 Å². The van der Waals surface area contributed by atoms with Gasteiger partial charge in [-0.2, -0.15) is 0 Å². The molecule has 0 fully saturated rings. The smallest absolute Gasteiger partial charge is 0.119 e. The predicted octanol–water partition coefficient (Wildman–Crippen LogP) is 2.50. The fourth-order valence-corrected chi connectivity index (χ4v) is 1.49. The Morgan fingerprint density at radius 1 is 0.941 bits per heavy atom. The first-order chi connectivity index (χ1) is 8.25. The molecule has 0 saturated heterocycles. The molecule has 0 amide bonds. The largest absolute Gasteiger partial charge is 0.508 e. The number of phenolic OH excluding ortho intramolecular Hbond substituents is 1. The van der Waals surface area contributed by atoms with Crippen molar-refractivity contribution in [3.05, 3.63) is 60.2 Å². The molecule has 0 bridgehead atoms. The molecule has 2 aromatic carbocycles. The normalized spacial score (nSPS) is 12.1. The summed E-state index contributed by atoms with van der Waals surface area (Å²) < 4.78 is 5.42. The van der Waals surface area contributed by atoms with Crippen LogP contribution in [-0.4, -0.2) is 16.8 Å². The predicted molar refractivity (Wildman–Crippen MR) is 65.0 cm³/mol. The molecule has 0 spiro atoms. The average molecular weight is 230 g/mol. The van der Waals surface area contributed by atoms with Gasteiger partial charge < -0.3 is 14.9 Å². The van der Waals surface area contributed by atoms with E-state index in [0.717, 1.165) is 5.56 Å². The molecule has 0 radical (unpaired) electrons. The Kier molecular flexibility index (Phi) is 3.62. The lowest BCUT2D eigenvalue weighted by Crippen LogP contribution is -2.09. The molecule has 3 heteroatoms. The lowest BCUT2D eigenvalue weighted by molar-refractivity contribution is 0.108. The lowest BCUT2D eigenvalue weighted by Gasteiger charge is -2.12. The molecule has 1 atom stereocenters. The van der Waals surface area contributed by atoms with Crippen LogP contribution in [0.1, 0.15) is 11.7 Å². The highest BCUT2D eigenvalue weighted by Gasteiger charge is 2.07. The minimum Gasteiger partial charge on any atom is -0.508 e. The molecule has 0 heterocycles. The number of benzene rings is 2. The Bertz CT molecular complexity index is 451. The highest BCUT2D eigenvalue weighted by atomic mass is 16.5. The number of hydrogen-bond donors (Lipinski definition) is 2. The van der Waals surface area contributed by atoms with Crippen LogP contribution >= 0.6 is 0 Å². The summed E-state index contributed by atoms with van der Waals surface area (Å²) in [5, 5.41) is 19.0. The highest BCUT2D eigenvalue weighted by molar-refractivity contribution is 5.30. The van der Waals surface area contributed by atoms with Gasteiger partial charge in [-0.25, -0.2) is 0 Å². The molecule has 88 valence electrons. The zero-order valence-corrected chi connectivity index (χ0v) is 9.28.